The number of hydrogen-bond acceptors (Lipinski definition) is 1. The molecule has 0 aromatic heterocycles. The monoisotopic (exact) mass is 231 g/mol. The molecule has 0 saturated heterocycles. The fourth-order valence-electron chi connectivity index (χ4n) is 2.22. The summed E-state index contributed by atoms with van der Waals surface area (Å²) in [6.45, 7) is 4.85. The van der Waals surface area contributed by atoms with Crippen molar-refractivity contribution in [3.8, 4) is 0 Å². The second-order valence-corrected chi connectivity index (χ2v) is 4.53. The Kier molecular flexibility index (Phi) is 4.02. The number of guanidine groups is 1. The molecule has 0 fully saturated rings. The standard InChI is InChI=1S/C14H21N3/c1-2-9-16-14(15)17-10-5-8-12-6-3-4-7-13(12)11-17/h3-4,6-7H,2,5,8-11H2,1H3,(H2,15,16). The topological polar surface area (TPSA) is 41.6 Å². The van der Waals surface area contributed by atoms with E-state index in [0.29, 0.717) is 5.96 Å². The van der Waals surface area contributed by atoms with Gasteiger partial charge in [0.25, 0.3) is 0 Å². The number of nitrogens with zero attached hydrogens (tertiary/aromatic N) is 2. The molecule has 0 radical (unpaired) electrons. The minimum atomic E-state index is 0.698. The predicted octanol–water partition coefficient (Wildman–Crippen LogP) is 2.16. The maximum atomic E-state index is 6.04. The molecule has 1 heterocycles. The second kappa shape index (κ2) is 5.71. The molecule has 1 aliphatic rings. The molecule has 0 saturated carbocycles. The van der Waals surface area contributed by atoms with Gasteiger partial charge < -0.3 is 10.6 Å². The zero-order valence-electron chi connectivity index (χ0n) is 10.5. The van der Waals surface area contributed by atoms with Crippen LogP contribution in [0.5, 0.6) is 0 Å². The summed E-state index contributed by atoms with van der Waals surface area (Å²) in [5, 5.41) is 0. The average molecular weight is 231 g/mol. The molecule has 0 amide bonds. The van der Waals surface area contributed by atoms with Gasteiger partial charge in [-0.15, -0.1) is 0 Å². The molecule has 92 valence electrons. The van der Waals surface area contributed by atoms with Gasteiger partial charge in [0.2, 0.25) is 0 Å². The molecular formula is C14H21N3. The molecule has 1 aromatic carbocycles. The molecule has 0 atom stereocenters. The van der Waals surface area contributed by atoms with Crippen LogP contribution in [0.3, 0.4) is 0 Å². The lowest BCUT2D eigenvalue weighted by Gasteiger charge is -2.21. The Morgan fingerprint density at radius 1 is 1.35 bits per heavy atom. The summed E-state index contributed by atoms with van der Waals surface area (Å²) in [4.78, 5) is 6.60. The zero-order chi connectivity index (χ0) is 12.1. The van der Waals surface area contributed by atoms with E-state index in [0.717, 1.165) is 38.9 Å². The fraction of sp³-hybridized carbons (Fsp3) is 0.500. The number of aliphatic imine (C=N–C) groups is 1. The first-order chi connectivity index (χ1) is 8.31. The predicted molar refractivity (Wildman–Crippen MR) is 72.0 cm³/mol. The normalized spacial score (nSPS) is 16.5. The first kappa shape index (κ1) is 12.0. The number of nitrogens with two attached hydrogens (primary N) is 1. The van der Waals surface area contributed by atoms with Crippen molar-refractivity contribution < 1.29 is 0 Å². The third kappa shape index (κ3) is 2.99. The average Bonchev–Trinajstić information content (AvgIpc) is 2.58. The van der Waals surface area contributed by atoms with Crippen molar-refractivity contribution in [1.29, 1.82) is 0 Å². The Labute approximate surface area is 103 Å². The largest absolute Gasteiger partial charge is 0.370 e. The van der Waals surface area contributed by atoms with Gasteiger partial charge in [0.05, 0.1) is 0 Å². The highest BCUT2D eigenvalue weighted by Gasteiger charge is 2.14. The van der Waals surface area contributed by atoms with E-state index in [4.69, 9.17) is 5.73 Å². The van der Waals surface area contributed by atoms with Gasteiger partial charge in [-0.1, -0.05) is 31.2 Å². The molecule has 0 unspecified atom stereocenters. The third-order valence-corrected chi connectivity index (χ3v) is 3.18. The number of rotatable bonds is 2. The van der Waals surface area contributed by atoms with Gasteiger partial charge in [0, 0.05) is 19.6 Å². The maximum Gasteiger partial charge on any atom is 0.191 e. The highest BCUT2D eigenvalue weighted by molar-refractivity contribution is 5.78. The highest BCUT2D eigenvalue weighted by atomic mass is 15.2. The number of fused-ring (bicyclic) bond motifs is 1. The van der Waals surface area contributed by atoms with Crippen LogP contribution in [0.1, 0.15) is 30.9 Å². The van der Waals surface area contributed by atoms with E-state index in [-0.39, 0.29) is 0 Å². The second-order valence-electron chi connectivity index (χ2n) is 4.53. The van der Waals surface area contributed by atoms with Gasteiger partial charge >= 0.3 is 0 Å². The summed E-state index contributed by atoms with van der Waals surface area (Å²) < 4.78 is 0. The fourth-order valence-corrected chi connectivity index (χ4v) is 2.22. The van der Waals surface area contributed by atoms with Crippen molar-refractivity contribution in [3.63, 3.8) is 0 Å². The minimum absolute atomic E-state index is 0.698. The Bertz CT molecular complexity index is 398. The van der Waals surface area contributed by atoms with Gasteiger partial charge in [-0.25, -0.2) is 0 Å². The molecule has 3 nitrogen and oxygen atoms in total. The van der Waals surface area contributed by atoms with Crippen LogP contribution in [0.4, 0.5) is 0 Å². The smallest absolute Gasteiger partial charge is 0.191 e. The van der Waals surface area contributed by atoms with Crippen molar-refractivity contribution >= 4 is 5.96 Å². The van der Waals surface area contributed by atoms with Crippen molar-refractivity contribution in [2.75, 3.05) is 13.1 Å². The molecule has 2 rings (SSSR count). The van der Waals surface area contributed by atoms with Gasteiger partial charge in [-0.2, -0.15) is 0 Å². The SMILES string of the molecule is CCCN=C(N)N1CCCc2ccccc2C1. The molecule has 1 aromatic rings. The lowest BCUT2D eigenvalue weighted by atomic mass is 10.0. The van der Waals surface area contributed by atoms with Crippen molar-refractivity contribution in [1.82, 2.24) is 4.90 Å². The highest BCUT2D eigenvalue weighted by Crippen LogP contribution is 2.17. The van der Waals surface area contributed by atoms with Crippen LogP contribution < -0.4 is 5.73 Å². The van der Waals surface area contributed by atoms with Crippen molar-refractivity contribution in [3.05, 3.63) is 35.4 Å². The number of benzene rings is 1. The summed E-state index contributed by atoms with van der Waals surface area (Å²) >= 11 is 0. The minimum Gasteiger partial charge on any atom is -0.370 e. The van der Waals surface area contributed by atoms with E-state index in [1.165, 1.54) is 11.1 Å². The maximum absolute atomic E-state index is 6.04. The lowest BCUT2D eigenvalue weighted by molar-refractivity contribution is 0.411. The molecule has 2 N–H and O–H groups in total. The lowest BCUT2D eigenvalue weighted by Crippen LogP contribution is -2.37. The summed E-state index contributed by atoms with van der Waals surface area (Å²) in [6, 6.07) is 8.63. The van der Waals surface area contributed by atoms with Crippen LogP contribution in [-0.2, 0) is 13.0 Å². The Morgan fingerprint density at radius 2 is 2.12 bits per heavy atom. The van der Waals surface area contributed by atoms with Crippen LogP contribution >= 0.6 is 0 Å². The summed E-state index contributed by atoms with van der Waals surface area (Å²) in [7, 11) is 0. The summed E-state index contributed by atoms with van der Waals surface area (Å²) in [5.41, 5.74) is 8.88. The van der Waals surface area contributed by atoms with E-state index >= 15 is 0 Å². The third-order valence-electron chi connectivity index (χ3n) is 3.18. The Balaban J connectivity index is 2.13. The van der Waals surface area contributed by atoms with Crippen LogP contribution in [0, 0.1) is 0 Å². The van der Waals surface area contributed by atoms with Crippen molar-refractivity contribution in [2.45, 2.75) is 32.7 Å². The van der Waals surface area contributed by atoms with E-state index in [9.17, 15) is 0 Å². The van der Waals surface area contributed by atoms with E-state index in [1.54, 1.807) is 0 Å². The van der Waals surface area contributed by atoms with Gasteiger partial charge in [0.15, 0.2) is 5.96 Å². The van der Waals surface area contributed by atoms with Crippen LogP contribution in [0.15, 0.2) is 29.3 Å². The van der Waals surface area contributed by atoms with Gasteiger partial charge in [-0.3, -0.25) is 4.99 Å². The quantitative estimate of drug-likeness (QED) is 0.626. The number of hydrogen-bond donors (Lipinski definition) is 1. The van der Waals surface area contributed by atoms with Crippen molar-refractivity contribution in [2.24, 2.45) is 10.7 Å². The molecule has 1 aliphatic heterocycles. The molecule has 0 bridgehead atoms. The first-order valence-electron chi connectivity index (χ1n) is 6.43. The Hall–Kier alpha value is -1.51. The van der Waals surface area contributed by atoms with Gasteiger partial charge in [-0.05, 0) is 30.4 Å². The van der Waals surface area contributed by atoms with E-state index in [2.05, 4.69) is 41.1 Å². The first-order valence-corrected chi connectivity index (χ1v) is 6.43. The number of aryl methyl sites for hydroxylation is 1. The van der Waals surface area contributed by atoms with Crippen LogP contribution in [0.2, 0.25) is 0 Å². The van der Waals surface area contributed by atoms with E-state index < -0.39 is 0 Å². The zero-order valence-corrected chi connectivity index (χ0v) is 10.5. The van der Waals surface area contributed by atoms with Crippen LogP contribution in [-0.4, -0.2) is 23.9 Å². The molecule has 0 aliphatic carbocycles. The van der Waals surface area contributed by atoms with E-state index in [1.807, 2.05) is 0 Å². The van der Waals surface area contributed by atoms with Gasteiger partial charge in [0.1, 0.15) is 0 Å². The Morgan fingerprint density at radius 3 is 2.88 bits per heavy atom. The summed E-state index contributed by atoms with van der Waals surface area (Å²) in [6.07, 6.45) is 3.35. The summed E-state index contributed by atoms with van der Waals surface area (Å²) in [5.74, 6) is 0.698. The van der Waals surface area contributed by atoms with Crippen LogP contribution in [0.25, 0.3) is 0 Å². The molecule has 17 heavy (non-hydrogen) atoms. The molecular weight excluding hydrogens is 210 g/mol. The molecule has 0 spiro atoms. The molecule has 3 heteroatoms.